The highest BCUT2D eigenvalue weighted by Crippen LogP contribution is 2.56. The first-order chi connectivity index (χ1) is 17.8. The highest BCUT2D eigenvalue weighted by molar-refractivity contribution is 6.33. The van der Waals surface area contributed by atoms with E-state index in [0.717, 1.165) is 29.7 Å². The SMILES string of the molecule is O=C(COC(=O)[C@@H](Cc1ccccc1)N1C(=O)[C@@H]2[C@H]3CC[C@@H](C3)[C@@H]2C1=O)NNC(=O)c1ccccc1Cl. The Bertz CT molecular complexity index is 1220. The lowest BCUT2D eigenvalue weighted by Crippen LogP contribution is -2.49. The lowest BCUT2D eigenvalue weighted by atomic mass is 9.81. The fourth-order valence-electron chi connectivity index (χ4n) is 5.96. The topological polar surface area (TPSA) is 122 Å². The van der Waals surface area contributed by atoms with Gasteiger partial charge < -0.3 is 4.74 Å². The van der Waals surface area contributed by atoms with Gasteiger partial charge in [0.15, 0.2) is 6.61 Å². The van der Waals surface area contributed by atoms with Crippen molar-refractivity contribution in [1.29, 1.82) is 0 Å². The van der Waals surface area contributed by atoms with Gasteiger partial charge in [-0.3, -0.25) is 34.9 Å². The Kier molecular flexibility index (Phi) is 6.97. The number of nitrogens with zero attached hydrogens (tertiary/aromatic N) is 1. The summed E-state index contributed by atoms with van der Waals surface area (Å²) in [6.45, 7) is -0.707. The van der Waals surface area contributed by atoms with Crippen molar-refractivity contribution >= 4 is 41.2 Å². The summed E-state index contributed by atoms with van der Waals surface area (Å²) in [6, 6.07) is 14.2. The van der Waals surface area contributed by atoms with Crippen LogP contribution in [0.5, 0.6) is 0 Å². The zero-order chi connectivity index (χ0) is 26.1. The second-order valence-corrected chi connectivity index (χ2v) is 10.1. The van der Waals surface area contributed by atoms with Crippen molar-refractivity contribution in [1.82, 2.24) is 15.8 Å². The Balaban J connectivity index is 1.25. The molecule has 3 aliphatic rings. The number of halogens is 1. The van der Waals surface area contributed by atoms with Crippen molar-refractivity contribution in [2.45, 2.75) is 31.7 Å². The minimum atomic E-state index is -1.18. The normalized spacial score (nSPS) is 24.5. The largest absolute Gasteiger partial charge is 0.454 e. The molecule has 0 spiro atoms. The number of ether oxygens (including phenoxy) is 1. The third-order valence-electron chi connectivity index (χ3n) is 7.60. The maximum absolute atomic E-state index is 13.4. The zero-order valence-corrected chi connectivity index (χ0v) is 20.6. The molecule has 1 saturated heterocycles. The molecule has 1 heterocycles. The molecule has 4 amide bonds. The maximum Gasteiger partial charge on any atom is 0.330 e. The van der Waals surface area contributed by atoms with Gasteiger partial charge in [0.05, 0.1) is 22.4 Å². The van der Waals surface area contributed by atoms with E-state index < -0.39 is 30.4 Å². The predicted octanol–water partition coefficient (Wildman–Crippen LogP) is 2.29. The number of rotatable bonds is 7. The Labute approximate surface area is 218 Å². The molecule has 10 heteroatoms. The van der Waals surface area contributed by atoms with E-state index >= 15 is 0 Å². The van der Waals surface area contributed by atoms with Gasteiger partial charge in [-0.25, -0.2) is 4.79 Å². The number of likely N-dealkylation sites (tertiary alicyclic amines) is 1. The molecule has 2 aromatic rings. The smallest absolute Gasteiger partial charge is 0.330 e. The van der Waals surface area contributed by atoms with E-state index in [4.69, 9.17) is 16.3 Å². The van der Waals surface area contributed by atoms with Crippen LogP contribution in [-0.2, 0) is 30.3 Å². The van der Waals surface area contributed by atoms with Gasteiger partial charge in [-0.15, -0.1) is 0 Å². The van der Waals surface area contributed by atoms with Crippen LogP contribution in [0.1, 0.15) is 35.2 Å². The summed E-state index contributed by atoms with van der Waals surface area (Å²) in [7, 11) is 0. The van der Waals surface area contributed by atoms with E-state index in [2.05, 4.69) is 10.9 Å². The number of amides is 4. The van der Waals surface area contributed by atoms with Gasteiger partial charge in [0.2, 0.25) is 11.8 Å². The fourth-order valence-corrected chi connectivity index (χ4v) is 6.19. The highest BCUT2D eigenvalue weighted by atomic mass is 35.5. The molecule has 1 aliphatic heterocycles. The maximum atomic E-state index is 13.4. The van der Waals surface area contributed by atoms with Crippen LogP contribution in [0.25, 0.3) is 0 Å². The van der Waals surface area contributed by atoms with E-state index in [9.17, 15) is 24.0 Å². The van der Waals surface area contributed by atoms with Crippen LogP contribution in [0.2, 0.25) is 5.02 Å². The van der Waals surface area contributed by atoms with Crippen LogP contribution in [0.4, 0.5) is 0 Å². The highest BCUT2D eigenvalue weighted by Gasteiger charge is 2.62. The number of carbonyl (C=O) groups excluding carboxylic acids is 5. The lowest BCUT2D eigenvalue weighted by Gasteiger charge is -2.26. The fraction of sp³-hybridized carbons (Fsp3) is 0.370. The molecular weight excluding hydrogens is 498 g/mol. The standard InChI is InChI=1S/C27H26ClN3O6/c28-19-9-5-4-8-18(19)24(33)30-29-21(32)14-37-27(36)20(12-15-6-2-1-3-7-15)31-25(34)22-16-10-11-17(13-16)23(22)26(31)35/h1-9,16-17,20,22-23H,10-14H2,(H,29,32)(H,30,33)/t16-,17-,20+,22-,23+/m0/s1. The summed E-state index contributed by atoms with van der Waals surface area (Å²) in [5.74, 6) is -3.32. The summed E-state index contributed by atoms with van der Waals surface area (Å²) >= 11 is 5.98. The van der Waals surface area contributed by atoms with E-state index in [1.807, 2.05) is 6.07 Å². The summed E-state index contributed by atoms with van der Waals surface area (Å²) in [6.07, 6.45) is 2.81. The quantitative estimate of drug-likeness (QED) is 0.326. The predicted molar refractivity (Wildman–Crippen MR) is 132 cm³/mol. The monoisotopic (exact) mass is 523 g/mol. The zero-order valence-electron chi connectivity index (χ0n) is 19.9. The van der Waals surface area contributed by atoms with Crippen LogP contribution in [-0.4, -0.2) is 47.1 Å². The molecule has 0 aromatic heterocycles. The van der Waals surface area contributed by atoms with Crippen molar-refractivity contribution in [2.75, 3.05) is 6.61 Å². The van der Waals surface area contributed by atoms with Crippen molar-refractivity contribution in [3.63, 3.8) is 0 Å². The third-order valence-corrected chi connectivity index (χ3v) is 7.93. The van der Waals surface area contributed by atoms with Gasteiger partial charge in [0.25, 0.3) is 11.8 Å². The Morgan fingerprint density at radius 2 is 1.54 bits per heavy atom. The number of hydrogen-bond donors (Lipinski definition) is 2. The summed E-state index contributed by atoms with van der Waals surface area (Å²) in [4.78, 5) is 65.5. The molecule has 5 atom stereocenters. The molecule has 3 fully saturated rings. The summed E-state index contributed by atoms with van der Waals surface area (Å²) in [5, 5.41) is 0.211. The lowest BCUT2D eigenvalue weighted by molar-refractivity contribution is -0.160. The minimum absolute atomic E-state index is 0.0801. The van der Waals surface area contributed by atoms with Crippen LogP contribution in [0.15, 0.2) is 54.6 Å². The summed E-state index contributed by atoms with van der Waals surface area (Å²) < 4.78 is 5.23. The van der Waals surface area contributed by atoms with Crippen molar-refractivity contribution in [3.05, 3.63) is 70.7 Å². The average molecular weight is 524 g/mol. The molecule has 2 saturated carbocycles. The molecule has 192 valence electrons. The van der Waals surface area contributed by atoms with Gasteiger partial charge in [-0.1, -0.05) is 54.1 Å². The molecule has 9 nitrogen and oxygen atoms in total. The van der Waals surface area contributed by atoms with Gasteiger partial charge in [0, 0.05) is 6.42 Å². The van der Waals surface area contributed by atoms with Gasteiger partial charge >= 0.3 is 5.97 Å². The second-order valence-electron chi connectivity index (χ2n) is 9.73. The Hall–Kier alpha value is -3.72. The van der Waals surface area contributed by atoms with Crippen LogP contribution in [0, 0.1) is 23.7 Å². The first-order valence-electron chi connectivity index (χ1n) is 12.3. The van der Waals surface area contributed by atoms with E-state index in [1.165, 1.54) is 12.1 Å². The molecule has 2 bridgehead atoms. The van der Waals surface area contributed by atoms with Crippen molar-refractivity contribution in [3.8, 4) is 0 Å². The Morgan fingerprint density at radius 3 is 2.19 bits per heavy atom. The molecule has 2 aliphatic carbocycles. The third kappa shape index (κ3) is 4.83. The van der Waals surface area contributed by atoms with E-state index in [0.29, 0.717) is 0 Å². The average Bonchev–Trinajstić information content (AvgIpc) is 3.59. The molecule has 0 unspecified atom stereocenters. The summed E-state index contributed by atoms with van der Waals surface area (Å²) in [5.41, 5.74) is 5.30. The van der Waals surface area contributed by atoms with Crippen LogP contribution >= 0.6 is 11.6 Å². The van der Waals surface area contributed by atoms with Crippen molar-refractivity contribution in [2.24, 2.45) is 23.7 Å². The first-order valence-corrected chi connectivity index (χ1v) is 12.6. The first kappa shape index (κ1) is 25.0. The van der Waals surface area contributed by atoms with Crippen LogP contribution in [0.3, 0.4) is 0 Å². The number of hydrogen-bond acceptors (Lipinski definition) is 6. The molecular formula is C27H26ClN3O6. The van der Waals surface area contributed by atoms with Gasteiger partial charge in [-0.2, -0.15) is 0 Å². The van der Waals surface area contributed by atoms with Crippen molar-refractivity contribution < 1.29 is 28.7 Å². The number of nitrogens with one attached hydrogen (secondary N) is 2. The van der Waals surface area contributed by atoms with Gasteiger partial charge in [0.1, 0.15) is 6.04 Å². The molecule has 2 N–H and O–H groups in total. The minimum Gasteiger partial charge on any atom is -0.454 e. The number of hydrazine groups is 1. The van der Waals surface area contributed by atoms with E-state index in [-0.39, 0.29) is 52.5 Å². The number of benzene rings is 2. The molecule has 0 radical (unpaired) electrons. The number of carbonyl (C=O) groups is 5. The molecule has 2 aromatic carbocycles. The van der Waals surface area contributed by atoms with E-state index in [1.54, 1.807) is 36.4 Å². The Morgan fingerprint density at radius 1 is 0.919 bits per heavy atom. The number of fused-ring (bicyclic) bond motifs is 5. The molecule has 5 rings (SSSR count). The van der Waals surface area contributed by atoms with Gasteiger partial charge in [-0.05, 0) is 48.8 Å². The van der Waals surface area contributed by atoms with Crippen LogP contribution < -0.4 is 10.9 Å². The number of esters is 1. The second kappa shape index (κ2) is 10.3. The number of imide groups is 1. The molecule has 37 heavy (non-hydrogen) atoms.